The minimum atomic E-state index is -0.724. The molecule has 1 atom stereocenters. The first-order valence-electron chi connectivity index (χ1n) is 6.70. The van der Waals surface area contributed by atoms with Gasteiger partial charge in [0, 0.05) is 22.4 Å². The summed E-state index contributed by atoms with van der Waals surface area (Å²) in [6, 6.07) is 13.4. The highest BCUT2D eigenvalue weighted by molar-refractivity contribution is 5.94. The van der Waals surface area contributed by atoms with Crippen LogP contribution in [0, 0.1) is 0 Å². The normalized spacial score (nSPS) is 18.2. The molecule has 1 aliphatic rings. The highest BCUT2D eigenvalue weighted by Crippen LogP contribution is 2.37. The smallest absolute Gasteiger partial charge is 0.151 e. The van der Waals surface area contributed by atoms with Crippen molar-refractivity contribution in [1.29, 1.82) is 0 Å². The lowest BCUT2D eigenvalue weighted by Gasteiger charge is -2.10. The lowest BCUT2D eigenvalue weighted by molar-refractivity contribution is 0.266. The standard InChI is InChI=1S/C17H17NO3/c1-20-12-7-8-16(21-2)11(9-12)10-14-13-5-3-4-6-15(13)18-17(14)19/h3-10,17-19H,1-2H3/b14-10-. The number of nitrogens with one attached hydrogen (secondary N) is 1. The van der Waals surface area contributed by atoms with Crippen molar-refractivity contribution in [2.24, 2.45) is 0 Å². The topological polar surface area (TPSA) is 50.7 Å². The van der Waals surface area contributed by atoms with Gasteiger partial charge in [-0.2, -0.15) is 0 Å². The van der Waals surface area contributed by atoms with Gasteiger partial charge in [0.25, 0.3) is 0 Å². The van der Waals surface area contributed by atoms with Crippen LogP contribution in [0.4, 0.5) is 5.69 Å². The van der Waals surface area contributed by atoms with Crippen molar-refractivity contribution in [2.75, 3.05) is 19.5 Å². The molecule has 0 amide bonds. The SMILES string of the molecule is COc1ccc(OC)c(/C=C2/c3ccccc3NC2O)c1. The largest absolute Gasteiger partial charge is 0.497 e. The summed E-state index contributed by atoms with van der Waals surface area (Å²) in [6.07, 6.45) is 1.20. The van der Waals surface area contributed by atoms with Crippen molar-refractivity contribution in [3.8, 4) is 11.5 Å². The minimum Gasteiger partial charge on any atom is -0.497 e. The van der Waals surface area contributed by atoms with Gasteiger partial charge in [0.2, 0.25) is 0 Å². The van der Waals surface area contributed by atoms with Crippen molar-refractivity contribution in [1.82, 2.24) is 0 Å². The highest BCUT2D eigenvalue weighted by atomic mass is 16.5. The Bertz CT molecular complexity index is 694. The Hall–Kier alpha value is -2.46. The lowest BCUT2D eigenvalue weighted by atomic mass is 10.0. The molecule has 4 heteroatoms. The molecule has 0 radical (unpaired) electrons. The summed E-state index contributed by atoms with van der Waals surface area (Å²) in [7, 11) is 3.25. The van der Waals surface area contributed by atoms with E-state index in [9.17, 15) is 5.11 Å². The van der Waals surface area contributed by atoms with Crippen molar-refractivity contribution < 1.29 is 14.6 Å². The molecule has 0 aliphatic carbocycles. The molecular formula is C17H17NO3. The molecule has 0 saturated carbocycles. The maximum absolute atomic E-state index is 10.2. The third kappa shape index (κ3) is 2.45. The maximum atomic E-state index is 10.2. The van der Waals surface area contributed by atoms with Crippen molar-refractivity contribution in [3.05, 3.63) is 53.6 Å². The zero-order chi connectivity index (χ0) is 14.8. The number of anilines is 1. The number of methoxy groups -OCH3 is 2. The fourth-order valence-corrected chi connectivity index (χ4v) is 2.51. The van der Waals surface area contributed by atoms with Gasteiger partial charge in [0.1, 0.15) is 11.5 Å². The molecule has 1 unspecified atom stereocenters. The first-order chi connectivity index (χ1) is 10.2. The Kier molecular flexibility index (Phi) is 3.54. The van der Waals surface area contributed by atoms with E-state index in [2.05, 4.69) is 5.32 Å². The van der Waals surface area contributed by atoms with Crippen LogP contribution in [0.2, 0.25) is 0 Å². The van der Waals surface area contributed by atoms with Gasteiger partial charge in [-0.15, -0.1) is 0 Å². The molecule has 0 spiro atoms. The Labute approximate surface area is 123 Å². The van der Waals surface area contributed by atoms with Crippen molar-refractivity contribution in [2.45, 2.75) is 6.23 Å². The molecule has 0 saturated heterocycles. The molecule has 108 valence electrons. The highest BCUT2D eigenvalue weighted by Gasteiger charge is 2.24. The van der Waals surface area contributed by atoms with Gasteiger partial charge in [0.15, 0.2) is 6.23 Å². The summed E-state index contributed by atoms with van der Waals surface area (Å²) in [6.45, 7) is 0. The van der Waals surface area contributed by atoms with Crippen LogP contribution in [-0.2, 0) is 0 Å². The lowest BCUT2D eigenvalue weighted by Crippen LogP contribution is -2.12. The van der Waals surface area contributed by atoms with E-state index in [4.69, 9.17) is 9.47 Å². The van der Waals surface area contributed by atoms with Crippen LogP contribution < -0.4 is 14.8 Å². The molecule has 21 heavy (non-hydrogen) atoms. The monoisotopic (exact) mass is 283 g/mol. The van der Waals surface area contributed by atoms with Gasteiger partial charge >= 0.3 is 0 Å². The van der Waals surface area contributed by atoms with E-state index < -0.39 is 6.23 Å². The van der Waals surface area contributed by atoms with E-state index in [1.165, 1.54) is 0 Å². The molecule has 1 heterocycles. The van der Waals surface area contributed by atoms with E-state index >= 15 is 0 Å². The third-order valence-electron chi connectivity index (χ3n) is 3.57. The number of fused-ring (bicyclic) bond motifs is 1. The summed E-state index contributed by atoms with van der Waals surface area (Å²) >= 11 is 0. The van der Waals surface area contributed by atoms with E-state index in [1.807, 2.05) is 48.5 Å². The number of benzene rings is 2. The predicted octanol–water partition coefficient (Wildman–Crippen LogP) is 2.99. The zero-order valence-electron chi connectivity index (χ0n) is 12.0. The van der Waals surface area contributed by atoms with Crippen LogP contribution in [0.25, 0.3) is 11.6 Å². The summed E-state index contributed by atoms with van der Waals surface area (Å²) in [5.74, 6) is 1.48. The van der Waals surface area contributed by atoms with Crippen LogP contribution in [0.5, 0.6) is 11.5 Å². The van der Waals surface area contributed by atoms with Gasteiger partial charge in [0.05, 0.1) is 14.2 Å². The molecule has 2 N–H and O–H groups in total. The summed E-state index contributed by atoms with van der Waals surface area (Å²) in [5, 5.41) is 13.3. The van der Waals surface area contributed by atoms with Gasteiger partial charge in [-0.1, -0.05) is 18.2 Å². The minimum absolute atomic E-state index is 0.724. The molecule has 2 aromatic rings. The second-order valence-electron chi connectivity index (χ2n) is 4.80. The number of rotatable bonds is 3. The molecule has 4 nitrogen and oxygen atoms in total. The first kappa shape index (κ1) is 13.5. The quantitative estimate of drug-likeness (QED) is 0.909. The Morgan fingerprint density at radius 2 is 1.90 bits per heavy atom. The average molecular weight is 283 g/mol. The molecule has 0 aromatic heterocycles. The Morgan fingerprint density at radius 3 is 2.67 bits per heavy atom. The van der Waals surface area contributed by atoms with Crippen LogP contribution in [0.3, 0.4) is 0 Å². The van der Waals surface area contributed by atoms with Crippen molar-refractivity contribution >= 4 is 17.3 Å². The van der Waals surface area contributed by atoms with Gasteiger partial charge < -0.3 is 19.9 Å². The molecule has 2 aromatic carbocycles. The number of aliphatic hydroxyl groups excluding tert-OH is 1. The second kappa shape index (κ2) is 5.50. The molecule has 0 fully saturated rings. The molecule has 1 aliphatic heterocycles. The number of aliphatic hydroxyl groups is 1. The van der Waals surface area contributed by atoms with Gasteiger partial charge in [-0.25, -0.2) is 0 Å². The molecule has 0 bridgehead atoms. The van der Waals surface area contributed by atoms with Crippen LogP contribution in [0.1, 0.15) is 11.1 Å². The van der Waals surface area contributed by atoms with Crippen LogP contribution in [0.15, 0.2) is 42.5 Å². The first-order valence-corrected chi connectivity index (χ1v) is 6.70. The summed E-state index contributed by atoms with van der Waals surface area (Å²) in [5.41, 5.74) is 3.61. The predicted molar refractivity (Wildman–Crippen MR) is 83.5 cm³/mol. The molecule has 3 rings (SSSR count). The maximum Gasteiger partial charge on any atom is 0.151 e. The van der Waals surface area contributed by atoms with E-state index in [-0.39, 0.29) is 0 Å². The Morgan fingerprint density at radius 1 is 1.10 bits per heavy atom. The summed E-state index contributed by atoms with van der Waals surface area (Å²) < 4.78 is 10.6. The average Bonchev–Trinajstić information content (AvgIpc) is 2.83. The van der Waals surface area contributed by atoms with Crippen LogP contribution in [-0.4, -0.2) is 25.6 Å². The molecular weight excluding hydrogens is 266 g/mol. The number of hydrogen-bond acceptors (Lipinski definition) is 4. The third-order valence-corrected chi connectivity index (χ3v) is 3.57. The second-order valence-corrected chi connectivity index (χ2v) is 4.80. The fraction of sp³-hybridized carbons (Fsp3) is 0.176. The van der Waals surface area contributed by atoms with Crippen LogP contribution >= 0.6 is 0 Å². The van der Waals surface area contributed by atoms with Crippen molar-refractivity contribution in [3.63, 3.8) is 0 Å². The number of para-hydroxylation sites is 1. The van der Waals surface area contributed by atoms with Gasteiger partial charge in [-0.05, 0) is 30.3 Å². The number of hydrogen-bond donors (Lipinski definition) is 2. The summed E-state index contributed by atoms with van der Waals surface area (Å²) in [4.78, 5) is 0. The van der Waals surface area contributed by atoms with E-state index in [0.717, 1.165) is 33.9 Å². The van der Waals surface area contributed by atoms with Gasteiger partial charge in [-0.3, -0.25) is 0 Å². The zero-order valence-corrected chi connectivity index (χ0v) is 12.0. The number of ether oxygens (including phenoxy) is 2. The fourth-order valence-electron chi connectivity index (χ4n) is 2.51. The Balaban J connectivity index is 2.10. The van der Waals surface area contributed by atoms with E-state index in [1.54, 1.807) is 14.2 Å². The van der Waals surface area contributed by atoms with E-state index in [0.29, 0.717) is 0 Å².